The molecule has 0 unspecified atom stereocenters. The number of hydrogen-bond acceptors (Lipinski definition) is 3. The Bertz CT molecular complexity index is 495. The van der Waals surface area contributed by atoms with Crippen molar-refractivity contribution >= 4 is 41.2 Å². The Hall–Kier alpha value is -1.59. The summed E-state index contributed by atoms with van der Waals surface area (Å²) < 4.78 is 0. The van der Waals surface area contributed by atoms with Crippen LogP contribution < -0.4 is 10.7 Å². The van der Waals surface area contributed by atoms with Crippen LogP contribution in [-0.4, -0.2) is 24.1 Å². The molecule has 0 saturated heterocycles. The molecular formula is C12H13Cl2N3O2. The summed E-state index contributed by atoms with van der Waals surface area (Å²) in [5.74, 6) is -1.61. The zero-order valence-corrected chi connectivity index (χ0v) is 11.9. The number of rotatable bonds is 3. The Morgan fingerprint density at radius 3 is 2.32 bits per heavy atom. The molecule has 1 aromatic carbocycles. The van der Waals surface area contributed by atoms with E-state index in [0.717, 1.165) is 0 Å². The highest BCUT2D eigenvalue weighted by Crippen LogP contribution is 2.21. The van der Waals surface area contributed by atoms with Crippen LogP contribution in [0.5, 0.6) is 0 Å². The third-order valence-electron chi connectivity index (χ3n) is 1.99. The highest BCUT2D eigenvalue weighted by molar-refractivity contribution is 6.38. The van der Waals surface area contributed by atoms with E-state index in [4.69, 9.17) is 23.2 Å². The molecule has 0 aliphatic carbocycles. The van der Waals surface area contributed by atoms with E-state index in [0.29, 0.717) is 15.6 Å². The minimum atomic E-state index is -0.854. The lowest BCUT2D eigenvalue weighted by Gasteiger charge is -2.06. The van der Waals surface area contributed by atoms with Crippen molar-refractivity contribution in [1.29, 1.82) is 0 Å². The van der Waals surface area contributed by atoms with Crippen molar-refractivity contribution in [2.24, 2.45) is 5.10 Å². The summed E-state index contributed by atoms with van der Waals surface area (Å²) in [5, 5.41) is 6.87. The number of nitrogens with zero attached hydrogens (tertiary/aromatic N) is 1. The maximum Gasteiger partial charge on any atom is 0.329 e. The van der Waals surface area contributed by atoms with Crippen LogP contribution in [0.2, 0.25) is 10.0 Å². The van der Waals surface area contributed by atoms with Gasteiger partial charge in [-0.3, -0.25) is 9.59 Å². The topological polar surface area (TPSA) is 70.6 Å². The van der Waals surface area contributed by atoms with Gasteiger partial charge in [0.05, 0.1) is 16.3 Å². The van der Waals surface area contributed by atoms with Crippen LogP contribution in [0.4, 0.5) is 0 Å². The van der Waals surface area contributed by atoms with Crippen molar-refractivity contribution in [3.8, 4) is 0 Å². The molecule has 0 aromatic heterocycles. The van der Waals surface area contributed by atoms with Crippen molar-refractivity contribution in [2.45, 2.75) is 19.9 Å². The third kappa shape index (κ3) is 4.89. The Morgan fingerprint density at radius 1 is 1.21 bits per heavy atom. The highest BCUT2D eigenvalue weighted by atomic mass is 35.5. The highest BCUT2D eigenvalue weighted by Gasteiger charge is 2.13. The Labute approximate surface area is 121 Å². The fourth-order valence-electron chi connectivity index (χ4n) is 1.17. The maximum atomic E-state index is 11.3. The molecule has 5 nitrogen and oxygen atoms in total. The molecule has 0 spiro atoms. The molecule has 0 saturated carbocycles. The van der Waals surface area contributed by atoms with Crippen molar-refractivity contribution in [2.75, 3.05) is 0 Å². The van der Waals surface area contributed by atoms with Gasteiger partial charge in [0.1, 0.15) is 0 Å². The van der Waals surface area contributed by atoms with E-state index in [2.05, 4.69) is 15.8 Å². The second-order valence-corrected chi connectivity index (χ2v) is 4.78. The molecule has 0 aliphatic rings. The van der Waals surface area contributed by atoms with Crippen LogP contribution in [0, 0.1) is 0 Å². The number of hydrogen-bond donors (Lipinski definition) is 2. The smallest absolute Gasteiger partial charge is 0.329 e. The minimum Gasteiger partial charge on any atom is -0.346 e. The predicted octanol–water partition coefficient (Wildman–Crippen LogP) is 1.97. The van der Waals surface area contributed by atoms with E-state index < -0.39 is 11.8 Å². The van der Waals surface area contributed by atoms with E-state index in [9.17, 15) is 9.59 Å². The molecule has 0 heterocycles. The second kappa shape index (κ2) is 7.11. The average Bonchev–Trinajstić information content (AvgIpc) is 2.31. The molecule has 2 N–H and O–H groups in total. The molecule has 2 amide bonds. The van der Waals surface area contributed by atoms with Gasteiger partial charge in [0, 0.05) is 11.6 Å². The zero-order chi connectivity index (χ0) is 14.4. The molecule has 0 radical (unpaired) electrons. The summed E-state index contributed by atoms with van der Waals surface area (Å²) in [5.41, 5.74) is 2.56. The average molecular weight is 302 g/mol. The Balaban J connectivity index is 2.64. The number of benzene rings is 1. The fourth-order valence-corrected chi connectivity index (χ4v) is 1.66. The molecule has 102 valence electrons. The lowest BCUT2D eigenvalue weighted by Crippen LogP contribution is -2.41. The van der Waals surface area contributed by atoms with E-state index in [-0.39, 0.29) is 6.04 Å². The largest absolute Gasteiger partial charge is 0.346 e. The lowest BCUT2D eigenvalue weighted by molar-refractivity contribution is -0.139. The number of nitrogens with one attached hydrogen (secondary N) is 2. The quantitative estimate of drug-likeness (QED) is 0.509. The molecule has 1 aromatic rings. The molecule has 0 fully saturated rings. The summed E-state index contributed by atoms with van der Waals surface area (Å²) in [6.07, 6.45) is 1.28. The van der Waals surface area contributed by atoms with Gasteiger partial charge in [0.2, 0.25) is 0 Å². The van der Waals surface area contributed by atoms with Gasteiger partial charge in [-0.15, -0.1) is 0 Å². The van der Waals surface area contributed by atoms with Crippen LogP contribution in [-0.2, 0) is 9.59 Å². The summed E-state index contributed by atoms with van der Waals surface area (Å²) in [7, 11) is 0. The Kier molecular flexibility index (Phi) is 5.79. The monoisotopic (exact) mass is 301 g/mol. The summed E-state index contributed by atoms with van der Waals surface area (Å²) in [6, 6.07) is 4.85. The van der Waals surface area contributed by atoms with Gasteiger partial charge >= 0.3 is 11.8 Å². The first-order valence-corrected chi connectivity index (χ1v) is 6.25. The van der Waals surface area contributed by atoms with Crippen molar-refractivity contribution in [1.82, 2.24) is 10.7 Å². The first-order valence-electron chi connectivity index (χ1n) is 5.49. The van der Waals surface area contributed by atoms with Gasteiger partial charge in [-0.2, -0.15) is 5.10 Å². The van der Waals surface area contributed by atoms with Crippen molar-refractivity contribution in [3.63, 3.8) is 0 Å². The standard InChI is InChI=1S/C12H13Cl2N3O2/c1-7(2)16-11(18)12(19)17-15-6-8-9(13)4-3-5-10(8)14/h3-7H,1-2H3,(H,16,18)(H,17,19)/b15-6-. The minimum absolute atomic E-state index is 0.125. The normalized spacial score (nSPS) is 10.8. The first kappa shape index (κ1) is 15.5. The molecule has 19 heavy (non-hydrogen) atoms. The SMILES string of the molecule is CC(C)NC(=O)C(=O)N/N=C\c1c(Cl)cccc1Cl. The number of hydrazone groups is 1. The van der Waals surface area contributed by atoms with Crippen LogP contribution in [0.25, 0.3) is 0 Å². The Morgan fingerprint density at radius 2 is 1.79 bits per heavy atom. The molecule has 0 bridgehead atoms. The van der Waals surface area contributed by atoms with Crippen molar-refractivity contribution < 1.29 is 9.59 Å². The van der Waals surface area contributed by atoms with E-state index in [1.807, 2.05) is 0 Å². The molecular weight excluding hydrogens is 289 g/mol. The molecule has 0 aliphatic heterocycles. The van der Waals surface area contributed by atoms with Crippen LogP contribution >= 0.6 is 23.2 Å². The summed E-state index contributed by atoms with van der Waals surface area (Å²) in [4.78, 5) is 22.6. The number of amides is 2. The van der Waals surface area contributed by atoms with Gasteiger partial charge in [-0.05, 0) is 26.0 Å². The van der Waals surface area contributed by atoms with E-state index in [1.54, 1.807) is 32.0 Å². The van der Waals surface area contributed by atoms with Gasteiger partial charge in [0.25, 0.3) is 0 Å². The lowest BCUT2D eigenvalue weighted by atomic mass is 10.2. The van der Waals surface area contributed by atoms with Crippen LogP contribution in [0.15, 0.2) is 23.3 Å². The summed E-state index contributed by atoms with van der Waals surface area (Å²) in [6.45, 7) is 3.50. The van der Waals surface area contributed by atoms with Gasteiger partial charge in [0.15, 0.2) is 0 Å². The zero-order valence-electron chi connectivity index (χ0n) is 10.4. The van der Waals surface area contributed by atoms with E-state index in [1.165, 1.54) is 6.21 Å². The van der Waals surface area contributed by atoms with Crippen LogP contribution in [0.1, 0.15) is 19.4 Å². The summed E-state index contributed by atoms with van der Waals surface area (Å²) >= 11 is 11.8. The van der Waals surface area contributed by atoms with Gasteiger partial charge in [-0.25, -0.2) is 5.43 Å². The van der Waals surface area contributed by atoms with Crippen LogP contribution in [0.3, 0.4) is 0 Å². The second-order valence-electron chi connectivity index (χ2n) is 3.96. The number of halogens is 2. The molecule has 1 rings (SSSR count). The fraction of sp³-hybridized carbons (Fsp3) is 0.250. The third-order valence-corrected chi connectivity index (χ3v) is 2.64. The van der Waals surface area contributed by atoms with Gasteiger partial charge < -0.3 is 5.32 Å². The van der Waals surface area contributed by atoms with Gasteiger partial charge in [-0.1, -0.05) is 29.3 Å². The maximum absolute atomic E-state index is 11.3. The van der Waals surface area contributed by atoms with Crippen molar-refractivity contribution in [3.05, 3.63) is 33.8 Å². The predicted molar refractivity (Wildman–Crippen MR) is 75.5 cm³/mol. The molecule has 7 heteroatoms. The number of carbonyl (C=O) groups excluding carboxylic acids is 2. The number of carbonyl (C=O) groups is 2. The van der Waals surface area contributed by atoms with E-state index >= 15 is 0 Å². The first-order chi connectivity index (χ1) is 8.91. The molecule has 0 atom stereocenters.